The van der Waals surface area contributed by atoms with E-state index < -0.39 is 8.07 Å². The van der Waals surface area contributed by atoms with Crippen molar-refractivity contribution in [3.05, 3.63) is 0 Å². The highest BCUT2D eigenvalue weighted by atomic mass is 28.3. The van der Waals surface area contributed by atoms with Crippen molar-refractivity contribution in [2.45, 2.75) is 90.3 Å². The highest BCUT2D eigenvalue weighted by molar-refractivity contribution is 6.76. The fraction of sp³-hybridized carbons (Fsp3) is 1.00. The van der Waals surface area contributed by atoms with E-state index in [4.69, 9.17) is 9.78 Å². The van der Waals surface area contributed by atoms with Gasteiger partial charge in [0.15, 0.2) is 0 Å². The van der Waals surface area contributed by atoms with Gasteiger partial charge in [-0.3, -0.25) is 0 Å². The van der Waals surface area contributed by atoms with E-state index in [2.05, 4.69) is 40.4 Å². The van der Waals surface area contributed by atoms with E-state index in [1.165, 1.54) is 31.7 Å². The minimum atomic E-state index is -1.05. The smallest absolute Gasteiger partial charge is 0.106 e. The molecule has 2 nitrogen and oxygen atoms in total. The lowest BCUT2D eigenvalue weighted by molar-refractivity contribution is -0.330. The summed E-state index contributed by atoms with van der Waals surface area (Å²) in [6, 6.07) is 1.23. The predicted octanol–water partition coefficient (Wildman–Crippen LogP) is 5.02. The highest BCUT2D eigenvalue weighted by Crippen LogP contribution is 2.48. The molecule has 112 valence electrons. The standard InChI is InChI=1S/C16H32O2Si/c1-15(2,3)13-7-9-16(10-8-13)11-14(17-18-16)12-19(4,5)6/h13-14H,7-12H2,1-6H3. The topological polar surface area (TPSA) is 18.5 Å². The summed E-state index contributed by atoms with van der Waals surface area (Å²) in [4.78, 5) is 11.5. The summed E-state index contributed by atoms with van der Waals surface area (Å²) < 4.78 is 0. The molecule has 2 aliphatic rings. The zero-order valence-corrected chi connectivity index (χ0v) is 14.7. The van der Waals surface area contributed by atoms with E-state index in [1.807, 2.05) is 0 Å². The third kappa shape index (κ3) is 4.05. The number of rotatable bonds is 2. The first kappa shape index (κ1) is 15.5. The summed E-state index contributed by atoms with van der Waals surface area (Å²) in [5.41, 5.74) is 0.505. The molecular weight excluding hydrogens is 252 g/mol. The van der Waals surface area contributed by atoms with Gasteiger partial charge in [-0.25, -0.2) is 9.78 Å². The van der Waals surface area contributed by atoms with Gasteiger partial charge in [0.25, 0.3) is 0 Å². The van der Waals surface area contributed by atoms with Gasteiger partial charge >= 0.3 is 0 Å². The molecule has 0 bridgehead atoms. The van der Waals surface area contributed by atoms with E-state index >= 15 is 0 Å². The van der Waals surface area contributed by atoms with Crippen molar-refractivity contribution in [1.29, 1.82) is 0 Å². The highest BCUT2D eigenvalue weighted by Gasteiger charge is 2.47. The largest absolute Gasteiger partial charge is 0.233 e. The van der Waals surface area contributed by atoms with E-state index in [9.17, 15) is 0 Å². The molecule has 0 amide bonds. The van der Waals surface area contributed by atoms with Crippen LogP contribution in [0.25, 0.3) is 0 Å². The van der Waals surface area contributed by atoms with Crippen LogP contribution in [-0.4, -0.2) is 19.8 Å². The summed E-state index contributed by atoms with van der Waals surface area (Å²) in [7, 11) is -1.05. The van der Waals surface area contributed by atoms with E-state index in [-0.39, 0.29) is 5.60 Å². The minimum absolute atomic E-state index is 0.0616. The van der Waals surface area contributed by atoms with Gasteiger partial charge in [0, 0.05) is 14.5 Å². The molecule has 0 aromatic heterocycles. The molecule has 2 rings (SSSR count). The molecule has 19 heavy (non-hydrogen) atoms. The van der Waals surface area contributed by atoms with Crippen LogP contribution in [0.5, 0.6) is 0 Å². The van der Waals surface area contributed by atoms with Gasteiger partial charge in [0.05, 0.1) is 6.10 Å². The summed E-state index contributed by atoms with van der Waals surface area (Å²) in [5, 5.41) is 0. The molecule has 1 aliphatic heterocycles. The Morgan fingerprint density at radius 3 is 2.16 bits per heavy atom. The molecular formula is C16H32O2Si. The monoisotopic (exact) mass is 284 g/mol. The molecule has 0 aromatic carbocycles. The fourth-order valence-electron chi connectivity index (χ4n) is 3.74. The van der Waals surface area contributed by atoms with Crippen LogP contribution in [0.3, 0.4) is 0 Å². The third-order valence-electron chi connectivity index (χ3n) is 4.92. The molecule has 1 atom stereocenters. The van der Waals surface area contributed by atoms with Crippen LogP contribution in [0.4, 0.5) is 0 Å². The van der Waals surface area contributed by atoms with Crippen molar-refractivity contribution in [3.8, 4) is 0 Å². The lowest BCUT2D eigenvalue weighted by atomic mass is 9.67. The molecule has 1 saturated heterocycles. The molecule has 0 aromatic rings. The van der Waals surface area contributed by atoms with Crippen LogP contribution < -0.4 is 0 Å². The van der Waals surface area contributed by atoms with Gasteiger partial charge in [0.1, 0.15) is 5.60 Å². The first-order valence-electron chi connectivity index (χ1n) is 7.94. The molecule has 1 saturated carbocycles. The summed E-state index contributed by atoms with van der Waals surface area (Å²) in [6.07, 6.45) is 6.47. The lowest BCUT2D eigenvalue weighted by Crippen LogP contribution is -2.37. The maximum Gasteiger partial charge on any atom is 0.106 e. The van der Waals surface area contributed by atoms with Gasteiger partial charge < -0.3 is 0 Å². The normalized spacial score (nSPS) is 36.9. The van der Waals surface area contributed by atoms with E-state index in [0.717, 1.165) is 12.3 Å². The Morgan fingerprint density at radius 1 is 1.11 bits per heavy atom. The lowest BCUT2D eigenvalue weighted by Gasteiger charge is -2.40. The average Bonchev–Trinajstić information content (AvgIpc) is 2.58. The molecule has 2 fully saturated rings. The zero-order valence-electron chi connectivity index (χ0n) is 13.7. The van der Waals surface area contributed by atoms with Gasteiger partial charge in [-0.2, -0.15) is 0 Å². The molecule has 1 spiro atoms. The van der Waals surface area contributed by atoms with E-state index in [0.29, 0.717) is 11.5 Å². The van der Waals surface area contributed by atoms with Gasteiger partial charge in [-0.1, -0.05) is 40.4 Å². The Bertz CT molecular complexity index is 306. The van der Waals surface area contributed by atoms with Gasteiger partial charge in [-0.15, -0.1) is 0 Å². The number of hydrogen-bond donors (Lipinski definition) is 0. The van der Waals surface area contributed by atoms with Crippen molar-refractivity contribution in [1.82, 2.24) is 0 Å². The second kappa shape index (κ2) is 5.16. The van der Waals surface area contributed by atoms with Crippen molar-refractivity contribution in [3.63, 3.8) is 0 Å². The van der Waals surface area contributed by atoms with Crippen molar-refractivity contribution in [2.24, 2.45) is 11.3 Å². The van der Waals surface area contributed by atoms with Crippen LogP contribution >= 0.6 is 0 Å². The average molecular weight is 285 g/mol. The molecule has 1 aliphatic carbocycles. The SMILES string of the molecule is CC(C)(C)C1CCC2(CC1)CC(C[Si](C)(C)C)OO2. The predicted molar refractivity (Wildman–Crippen MR) is 82.9 cm³/mol. The number of hydrogen-bond acceptors (Lipinski definition) is 2. The second-order valence-corrected chi connectivity index (χ2v) is 14.6. The Kier molecular flexibility index (Phi) is 4.21. The maximum atomic E-state index is 5.82. The van der Waals surface area contributed by atoms with Gasteiger partial charge in [0.2, 0.25) is 0 Å². The summed E-state index contributed by atoms with van der Waals surface area (Å²) in [5.74, 6) is 0.845. The first-order valence-corrected chi connectivity index (χ1v) is 11.6. The first-order chi connectivity index (χ1) is 8.60. The Balaban J connectivity index is 1.88. The fourth-order valence-corrected chi connectivity index (χ4v) is 5.32. The van der Waals surface area contributed by atoms with Crippen LogP contribution in [0.2, 0.25) is 25.7 Å². The molecule has 3 heteroatoms. The Hall–Kier alpha value is 0.137. The van der Waals surface area contributed by atoms with Crippen LogP contribution in [-0.2, 0) is 9.78 Å². The van der Waals surface area contributed by atoms with Gasteiger partial charge in [-0.05, 0) is 43.1 Å². The molecule has 1 unspecified atom stereocenters. The summed E-state index contributed by atoms with van der Waals surface area (Å²) in [6.45, 7) is 14.4. The maximum absolute atomic E-state index is 5.82. The van der Waals surface area contributed by atoms with Crippen molar-refractivity contribution < 1.29 is 9.78 Å². The summed E-state index contributed by atoms with van der Waals surface area (Å²) >= 11 is 0. The minimum Gasteiger partial charge on any atom is -0.233 e. The van der Waals surface area contributed by atoms with Crippen LogP contribution in [0, 0.1) is 11.3 Å². The van der Waals surface area contributed by atoms with E-state index in [1.54, 1.807) is 0 Å². The molecule has 1 heterocycles. The van der Waals surface area contributed by atoms with Crippen molar-refractivity contribution in [2.75, 3.05) is 0 Å². The Morgan fingerprint density at radius 2 is 1.68 bits per heavy atom. The zero-order chi connectivity index (χ0) is 14.3. The third-order valence-corrected chi connectivity index (χ3v) is 6.60. The van der Waals surface area contributed by atoms with Crippen LogP contribution in [0.15, 0.2) is 0 Å². The van der Waals surface area contributed by atoms with Crippen LogP contribution in [0.1, 0.15) is 52.9 Å². The Labute approximate surface area is 120 Å². The van der Waals surface area contributed by atoms with Crippen molar-refractivity contribution >= 4 is 8.07 Å². The second-order valence-electron chi connectivity index (χ2n) is 9.09. The molecule has 0 N–H and O–H groups in total. The quantitative estimate of drug-likeness (QED) is 0.523. The molecule has 0 radical (unpaired) electrons.